The molecule has 3 heteroatoms. The van der Waals surface area contributed by atoms with Gasteiger partial charge in [0.1, 0.15) is 12.5 Å². The normalized spacial score (nSPS) is 29.7. The summed E-state index contributed by atoms with van der Waals surface area (Å²) in [5, 5.41) is 0. The lowest BCUT2D eigenvalue weighted by Gasteiger charge is -2.50. The van der Waals surface area contributed by atoms with E-state index in [0.717, 1.165) is 28.6 Å². The van der Waals surface area contributed by atoms with E-state index in [4.69, 9.17) is 4.74 Å². The first-order valence-electron chi connectivity index (χ1n) is 9.83. The number of rotatable bonds is 2. The Morgan fingerprint density at radius 2 is 1.54 bits per heavy atom. The van der Waals surface area contributed by atoms with Gasteiger partial charge in [-0.15, -0.1) is 0 Å². The first-order chi connectivity index (χ1) is 12.6. The Morgan fingerprint density at radius 1 is 0.962 bits per heavy atom. The van der Waals surface area contributed by atoms with E-state index in [1.165, 1.54) is 37.1 Å². The molecule has 0 aromatic heterocycles. The van der Waals surface area contributed by atoms with Gasteiger partial charge in [0.25, 0.3) is 0 Å². The largest absolute Gasteiger partial charge is 0.455 e. The van der Waals surface area contributed by atoms with Crippen LogP contribution in [-0.2, 0) is 16.0 Å². The molecule has 3 heterocycles. The lowest BCUT2D eigenvalue weighted by atomic mass is 9.78. The van der Waals surface area contributed by atoms with Gasteiger partial charge in [-0.05, 0) is 28.7 Å². The quantitative estimate of drug-likeness (QED) is 0.613. The van der Waals surface area contributed by atoms with Gasteiger partial charge in [-0.25, -0.2) is 0 Å². The molecule has 0 spiro atoms. The number of fused-ring (bicyclic) bond motifs is 5. The maximum Gasteiger partial charge on any atom is 0.318 e. The molecule has 6 rings (SSSR count). The van der Waals surface area contributed by atoms with Gasteiger partial charge >= 0.3 is 5.97 Å². The van der Waals surface area contributed by atoms with E-state index in [-0.39, 0.29) is 18.0 Å². The SMILES string of the molecule is C[N+]12CCC(CC1)C(OC(=O)C1c3ccccc3Cc3ccccc31)C2. The highest BCUT2D eigenvalue weighted by molar-refractivity contribution is 5.84. The zero-order valence-electron chi connectivity index (χ0n) is 15.4. The number of hydrogen-bond acceptors (Lipinski definition) is 2. The van der Waals surface area contributed by atoms with Gasteiger partial charge in [0, 0.05) is 18.8 Å². The van der Waals surface area contributed by atoms with Crippen LogP contribution in [0.25, 0.3) is 0 Å². The minimum atomic E-state index is -0.281. The van der Waals surface area contributed by atoms with Crippen molar-refractivity contribution in [2.24, 2.45) is 5.92 Å². The Hall–Kier alpha value is -2.13. The van der Waals surface area contributed by atoms with Crippen LogP contribution in [0.4, 0.5) is 0 Å². The van der Waals surface area contributed by atoms with Crippen molar-refractivity contribution in [1.29, 1.82) is 0 Å². The molecule has 3 fully saturated rings. The predicted molar refractivity (Wildman–Crippen MR) is 101 cm³/mol. The van der Waals surface area contributed by atoms with Crippen molar-refractivity contribution in [1.82, 2.24) is 0 Å². The third-order valence-corrected chi connectivity index (χ3v) is 6.84. The zero-order valence-corrected chi connectivity index (χ0v) is 15.4. The van der Waals surface area contributed by atoms with Crippen LogP contribution in [0.1, 0.15) is 41.0 Å². The summed E-state index contributed by atoms with van der Waals surface area (Å²) in [4.78, 5) is 13.3. The number of esters is 1. The topological polar surface area (TPSA) is 26.3 Å². The minimum absolute atomic E-state index is 0.0602. The summed E-state index contributed by atoms with van der Waals surface area (Å²) < 4.78 is 7.25. The molecule has 134 valence electrons. The predicted octanol–water partition coefficient (Wildman–Crippen LogP) is 3.50. The van der Waals surface area contributed by atoms with E-state index in [0.29, 0.717) is 5.92 Å². The van der Waals surface area contributed by atoms with Crippen molar-refractivity contribution in [2.45, 2.75) is 31.3 Å². The molecule has 4 aliphatic rings. The fourth-order valence-electron chi connectivity index (χ4n) is 5.28. The van der Waals surface area contributed by atoms with E-state index in [1.54, 1.807) is 0 Å². The number of carbonyl (C=O) groups is 1. The molecule has 26 heavy (non-hydrogen) atoms. The number of quaternary nitrogens is 1. The Balaban J connectivity index is 1.47. The first kappa shape index (κ1) is 16.1. The van der Waals surface area contributed by atoms with Crippen molar-refractivity contribution < 1.29 is 14.0 Å². The number of nitrogens with zero attached hydrogens (tertiary/aromatic N) is 1. The molecule has 0 saturated carbocycles. The summed E-state index contributed by atoms with van der Waals surface area (Å²) >= 11 is 0. The van der Waals surface area contributed by atoms with Crippen molar-refractivity contribution in [2.75, 3.05) is 26.7 Å². The van der Waals surface area contributed by atoms with Crippen LogP contribution >= 0.6 is 0 Å². The monoisotopic (exact) mass is 348 g/mol. The average Bonchev–Trinajstić information content (AvgIpc) is 2.66. The molecular formula is C23H26NO2+. The second kappa shape index (κ2) is 5.95. The zero-order chi connectivity index (χ0) is 17.7. The maximum atomic E-state index is 13.3. The fraction of sp³-hybridized carbons (Fsp3) is 0.435. The van der Waals surface area contributed by atoms with E-state index >= 15 is 0 Å². The smallest absolute Gasteiger partial charge is 0.318 e. The highest BCUT2D eigenvalue weighted by Gasteiger charge is 2.46. The molecule has 0 amide bonds. The first-order valence-corrected chi connectivity index (χ1v) is 9.83. The molecular weight excluding hydrogens is 322 g/mol. The molecule has 1 atom stereocenters. The highest BCUT2D eigenvalue weighted by atomic mass is 16.5. The van der Waals surface area contributed by atoms with Gasteiger partial charge < -0.3 is 9.22 Å². The van der Waals surface area contributed by atoms with Crippen LogP contribution in [-0.4, -0.2) is 43.2 Å². The molecule has 3 saturated heterocycles. The van der Waals surface area contributed by atoms with E-state index in [2.05, 4.69) is 43.4 Å². The lowest BCUT2D eigenvalue weighted by Crippen LogP contribution is -2.62. The number of carbonyl (C=O) groups excluding carboxylic acids is 1. The summed E-state index contributed by atoms with van der Waals surface area (Å²) in [6, 6.07) is 16.7. The van der Waals surface area contributed by atoms with E-state index in [9.17, 15) is 4.79 Å². The van der Waals surface area contributed by atoms with Crippen molar-refractivity contribution in [3.05, 3.63) is 70.8 Å². The summed E-state index contributed by atoms with van der Waals surface area (Å²) in [7, 11) is 2.31. The Morgan fingerprint density at radius 3 is 2.12 bits per heavy atom. The third kappa shape index (κ3) is 2.57. The van der Waals surface area contributed by atoms with Gasteiger partial charge in [-0.3, -0.25) is 4.79 Å². The number of likely N-dealkylation sites (N-methyl/N-ethyl adjacent to an activating group) is 1. The van der Waals surface area contributed by atoms with Crippen molar-refractivity contribution in [3.63, 3.8) is 0 Å². The minimum Gasteiger partial charge on any atom is -0.455 e. The van der Waals surface area contributed by atoms with Gasteiger partial charge in [0.2, 0.25) is 0 Å². The highest BCUT2D eigenvalue weighted by Crippen LogP contribution is 2.39. The summed E-state index contributed by atoms with van der Waals surface area (Å²) in [5.74, 6) is 0.208. The second-order valence-electron chi connectivity index (χ2n) is 8.57. The summed E-state index contributed by atoms with van der Waals surface area (Å²) in [6.45, 7) is 3.44. The van der Waals surface area contributed by atoms with Crippen molar-refractivity contribution in [3.8, 4) is 0 Å². The molecule has 1 unspecified atom stereocenters. The van der Waals surface area contributed by atoms with Crippen LogP contribution in [0.3, 0.4) is 0 Å². The number of piperidine rings is 3. The van der Waals surface area contributed by atoms with Crippen molar-refractivity contribution >= 4 is 5.97 Å². The second-order valence-corrected chi connectivity index (χ2v) is 8.57. The molecule has 2 bridgehead atoms. The van der Waals surface area contributed by atoms with Crippen LogP contribution in [0.2, 0.25) is 0 Å². The average molecular weight is 348 g/mol. The van der Waals surface area contributed by atoms with E-state index in [1.807, 2.05) is 12.1 Å². The lowest BCUT2D eigenvalue weighted by molar-refractivity contribution is -0.928. The van der Waals surface area contributed by atoms with Gasteiger partial charge in [0.15, 0.2) is 6.10 Å². The maximum absolute atomic E-state index is 13.3. The Bertz CT molecular complexity index is 805. The van der Waals surface area contributed by atoms with Gasteiger partial charge in [-0.2, -0.15) is 0 Å². The molecule has 0 radical (unpaired) electrons. The third-order valence-electron chi connectivity index (χ3n) is 6.84. The van der Waals surface area contributed by atoms with Gasteiger partial charge in [-0.1, -0.05) is 48.5 Å². The molecule has 3 aliphatic heterocycles. The van der Waals surface area contributed by atoms with Crippen LogP contribution in [0.5, 0.6) is 0 Å². The number of ether oxygens (including phenoxy) is 1. The molecule has 3 nitrogen and oxygen atoms in total. The van der Waals surface area contributed by atoms with E-state index < -0.39 is 0 Å². The number of benzene rings is 2. The Kier molecular flexibility index (Phi) is 3.68. The summed E-state index contributed by atoms with van der Waals surface area (Å²) in [6.07, 6.45) is 3.35. The number of hydrogen-bond donors (Lipinski definition) is 0. The van der Waals surface area contributed by atoms with Crippen LogP contribution in [0, 0.1) is 5.92 Å². The molecule has 2 aromatic carbocycles. The fourth-order valence-corrected chi connectivity index (χ4v) is 5.28. The molecule has 1 aliphatic carbocycles. The molecule has 2 aromatic rings. The Labute approximate surface area is 155 Å². The van der Waals surface area contributed by atoms with Crippen LogP contribution in [0.15, 0.2) is 48.5 Å². The summed E-state index contributed by atoms with van der Waals surface area (Å²) in [5.41, 5.74) is 4.75. The van der Waals surface area contributed by atoms with Crippen LogP contribution < -0.4 is 0 Å². The standard InChI is InChI=1S/C23H26NO2/c1-24-12-10-16(11-13-24)21(15-24)26-23(25)22-19-8-4-2-6-17(19)14-18-7-3-5-9-20(18)22/h2-9,16,21-22H,10-15H2,1H3/q+1. The molecule has 0 N–H and O–H groups in total. The van der Waals surface area contributed by atoms with Gasteiger partial charge in [0.05, 0.1) is 20.1 Å².